The highest BCUT2D eigenvalue weighted by molar-refractivity contribution is 6.30. The number of anilines is 1. The van der Waals surface area contributed by atoms with Gasteiger partial charge in [-0.05, 0) is 30.2 Å². The van der Waals surface area contributed by atoms with Gasteiger partial charge in [0.05, 0.1) is 6.04 Å². The SMILES string of the molecule is Clc1ccc2c(c1)CCN2C1CNC1. The third-order valence-electron chi connectivity index (χ3n) is 3.17. The summed E-state index contributed by atoms with van der Waals surface area (Å²) in [5, 5.41) is 4.17. The number of hydrogen-bond donors (Lipinski definition) is 1. The summed E-state index contributed by atoms with van der Waals surface area (Å²) in [6, 6.07) is 6.95. The number of benzene rings is 1. The molecule has 1 N–H and O–H groups in total. The van der Waals surface area contributed by atoms with Gasteiger partial charge < -0.3 is 10.2 Å². The minimum atomic E-state index is 0.706. The Kier molecular flexibility index (Phi) is 1.92. The fourth-order valence-electron chi connectivity index (χ4n) is 2.27. The van der Waals surface area contributed by atoms with Crippen molar-refractivity contribution in [1.82, 2.24) is 5.32 Å². The molecule has 2 aliphatic rings. The van der Waals surface area contributed by atoms with E-state index >= 15 is 0 Å². The molecule has 0 radical (unpaired) electrons. The molecule has 1 fully saturated rings. The molecule has 0 saturated carbocycles. The normalized spacial score (nSPS) is 20.8. The summed E-state index contributed by atoms with van der Waals surface area (Å²) in [5.74, 6) is 0. The highest BCUT2D eigenvalue weighted by atomic mass is 35.5. The van der Waals surface area contributed by atoms with Crippen LogP contribution in [-0.4, -0.2) is 25.7 Å². The van der Waals surface area contributed by atoms with E-state index in [1.165, 1.54) is 11.3 Å². The molecule has 0 atom stereocenters. The molecule has 0 aromatic heterocycles. The second kappa shape index (κ2) is 3.14. The summed E-state index contributed by atoms with van der Waals surface area (Å²) >= 11 is 5.97. The van der Waals surface area contributed by atoms with Crippen LogP contribution in [-0.2, 0) is 6.42 Å². The van der Waals surface area contributed by atoms with E-state index in [9.17, 15) is 0 Å². The smallest absolute Gasteiger partial charge is 0.0539 e. The Bertz CT molecular complexity index is 360. The maximum atomic E-state index is 5.97. The molecule has 3 heteroatoms. The molecule has 0 unspecified atom stereocenters. The molecule has 2 aliphatic heterocycles. The van der Waals surface area contributed by atoms with Crippen LogP contribution in [0, 0.1) is 0 Å². The lowest BCUT2D eigenvalue weighted by molar-refractivity contribution is 0.420. The van der Waals surface area contributed by atoms with Gasteiger partial charge in [-0.1, -0.05) is 11.6 Å². The van der Waals surface area contributed by atoms with Crippen molar-refractivity contribution < 1.29 is 0 Å². The Hall–Kier alpha value is -0.730. The average molecular weight is 209 g/mol. The van der Waals surface area contributed by atoms with Crippen molar-refractivity contribution in [2.24, 2.45) is 0 Å². The van der Waals surface area contributed by atoms with Crippen molar-refractivity contribution in [3.63, 3.8) is 0 Å². The second-order valence-corrected chi connectivity index (χ2v) is 4.46. The number of halogens is 1. The van der Waals surface area contributed by atoms with Gasteiger partial charge in [0.25, 0.3) is 0 Å². The first-order chi connectivity index (χ1) is 6.84. The van der Waals surface area contributed by atoms with E-state index in [1.54, 1.807) is 0 Å². The van der Waals surface area contributed by atoms with Crippen LogP contribution >= 0.6 is 11.6 Å². The molecule has 1 saturated heterocycles. The molecule has 2 heterocycles. The fraction of sp³-hybridized carbons (Fsp3) is 0.455. The fourth-order valence-corrected chi connectivity index (χ4v) is 2.46. The minimum absolute atomic E-state index is 0.706. The molecular formula is C11H13ClN2. The van der Waals surface area contributed by atoms with Gasteiger partial charge in [0.15, 0.2) is 0 Å². The summed E-state index contributed by atoms with van der Waals surface area (Å²) in [6.07, 6.45) is 1.15. The van der Waals surface area contributed by atoms with E-state index in [2.05, 4.69) is 22.3 Å². The van der Waals surface area contributed by atoms with Gasteiger partial charge in [0.1, 0.15) is 0 Å². The summed E-state index contributed by atoms with van der Waals surface area (Å²) in [6.45, 7) is 3.41. The van der Waals surface area contributed by atoms with E-state index in [4.69, 9.17) is 11.6 Å². The van der Waals surface area contributed by atoms with Crippen LogP contribution in [0.4, 0.5) is 5.69 Å². The molecule has 0 aliphatic carbocycles. The van der Waals surface area contributed by atoms with E-state index in [-0.39, 0.29) is 0 Å². The Morgan fingerprint density at radius 3 is 2.93 bits per heavy atom. The first-order valence-corrected chi connectivity index (χ1v) is 5.48. The van der Waals surface area contributed by atoms with Crippen molar-refractivity contribution in [3.8, 4) is 0 Å². The first kappa shape index (κ1) is 8.57. The number of hydrogen-bond acceptors (Lipinski definition) is 2. The predicted octanol–water partition coefficient (Wildman–Crippen LogP) is 1.67. The van der Waals surface area contributed by atoms with Crippen LogP contribution in [0.5, 0.6) is 0 Å². The van der Waals surface area contributed by atoms with Gasteiger partial charge in [-0.15, -0.1) is 0 Å². The lowest BCUT2D eigenvalue weighted by atomic mass is 10.1. The van der Waals surface area contributed by atoms with Gasteiger partial charge in [-0.3, -0.25) is 0 Å². The molecule has 0 amide bonds. The Balaban J connectivity index is 1.93. The largest absolute Gasteiger partial charge is 0.365 e. The highest BCUT2D eigenvalue weighted by Gasteiger charge is 2.29. The number of fused-ring (bicyclic) bond motifs is 1. The second-order valence-electron chi connectivity index (χ2n) is 4.03. The predicted molar refractivity (Wildman–Crippen MR) is 59.2 cm³/mol. The van der Waals surface area contributed by atoms with Crippen molar-refractivity contribution in [1.29, 1.82) is 0 Å². The van der Waals surface area contributed by atoms with Crippen molar-refractivity contribution in [3.05, 3.63) is 28.8 Å². The number of nitrogens with zero attached hydrogens (tertiary/aromatic N) is 1. The zero-order chi connectivity index (χ0) is 9.54. The lowest BCUT2D eigenvalue weighted by Gasteiger charge is -2.37. The summed E-state index contributed by atoms with van der Waals surface area (Å²) in [4.78, 5) is 2.50. The molecule has 14 heavy (non-hydrogen) atoms. The van der Waals surface area contributed by atoms with Crippen molar-refractivity contribution in [2.75, 3.05) is 24.5 Å². The standard InChI is InChI=1S/C11H13ClN2/c12-9-1-2-11-8(5-9)3-4-14(11)10-6-13-7-10/h1-2,5,10,13H,3-4,6-7H2. The molecule has 3 rings (SSSR count). The molecule has 0 bridgehead atoms. The Labute approximate surface area is 88.9 Å². The van der Waals surface area contributed by atoms with E-state index in [0.29, 0.717) is 6.04 Å². The third-order valence-corrected chi connectivity index (χ3v) is 3.41. The van der Waals surface area contributed by atoms with Crippen LogP contribution in [0.1, 0.15) is 5.56 Å². The Morgan fingerprint density at radius 1 is 1.36 bits per heavy atom. The monoisotopic (exact) mass is 208 g/mol. The number of rotatable bonds is 1. The van der Waals surface area contributed by atoms with E-state index < -0.39 is 0 Å². The molecule has 1 aromatic carbocycles. The summed E-state index contributed by atoms with van der Waals surface area (Å²) in [7, 11) is 0. The van der Waals surface area contributed by atoms with Gasteiger partial charge in [-0.2, -0.15) is 0 Å². The Morgan fingerprint density at radius 2 is 2.21 bits per heavy atom. The van der Waals surface area contributed by atoms with Crippen molar-refractivity contribution in [2.45, 2.75) is 12.5 Å². The molecule has 0 spiro atoms. The van der Waals surface area contributed by atoms with E-state index in [1.807, 2.05) is 6.07 Å². The highest BCUT2D eigenvalue weighted by Crippen LogP contribution is 2.32. The van der Waals surface area contributed by atoms with Crippen LogP contribution in [0.3, 0.4) is 0 Å². The molecule has 2 nitrogen and oxygen atoms in total. The number of nitrogens with one attached hydrogen (secondary N) is 1. The molecule has 1 aromatic rings. The average Bonchev–Trinajstić information content (AvgIpc) is 2.45. The van der Waals surface area contributed by atoms with Crippen LogP contribution in [0.2, 0.25) is 5.02 Å². The molecule has 74 valence electrons. The van der Waals surface area contributed by atoms with Gasteiger partial charge >= 0.3 is 0 Å². The van der Waals surface area contributed by atoms with Crippen LogP contribution < -0.4 is 10.2 Å². The topological polar surface area (TPSA) is 15.3 Å². The first-order valence-electron chi connectivity index (χ1n) is 5.10. The van der Waals surface area contributed by atoms with Gasteiger partial charge in [0, 0.05) is 30.3 Å². The minimum Gasteiger partial charge on any atom is -0.365 e. The van der Waals surface area contributed by atoms with Crippen molar-refractivity contribution >= 4 is 17.3 Å². The molecular weight excluding hydrogens is 196 g/mol. The van der Waals surface area contributed by atoms with Gasteiger partial charge in [-0.25, -0.2) is 0 Å². The summed E-state index contributed by atoms with van der Waals surface area (Å²) in [5.41, 5.74) is 2.80. The zero-order valence-corrected chi connectivity index (χ0v) is 8.72. The van der Waals surface area contributed by atoms with Crippen LogP contribution in [0.15, 0.2) is 18.2 Å². The quantitative estimate of drug-likeness (QED) is 0.756. The zero-order valence-electron chi connectivity index (χ0n) is 7.96. The van der Waals surface area contributed by atoms with Crippen LogP contribution in [0.25, 0.3) is 0 Å². The maximum Gasteiger partial charge on any atom is 0.0539 e. The van der Waals surface area contributed by atoms with Gasteiger partial charge in [0.2, 0.25) is 0 Å². The van der Waals surface area contributed by atoms with E-state index in [0.717, 1.165) is 31.1 Å². The summed E-state index contributed by atoms with van der Waals surface area (Å²) < 4.78 is 0. The maximum absolute atomic E-state index is 5.97. The lowest BCUT2D eigenvalue weighted by Crippen LogP contribution is -2.56. The third kappa shape index (κ3) is 1.22.